The highest BCUT2D eigenvalue weighted by atomic mass is 16.5. The van der Waals surface area contributed by atoms with Gasteiger partial charge in [-0.2, -0.15) is 0 Å². The molecule has 1 aromatic heterocycles. The zero-order chi connectivity index (χ0) is 20.6. The third-order valence-corrected chi connectivity index (χ3v) is 5.23. The first-order valence-electron chi connectivity index (χ1n) is 10.3. The molecule has 2 fully saturated rings. The van der Waals surface area contributed by atoms with Gasteiger partial charge in [0.1, 0.15) is 5.69 Å². The van der Waals surface area contributed by atoms with Crippen LogP contribution in [0.1, 0.15) is 30.8 Å². The van der Waals surface area contributed by atoms with Crippen LogP contribution >= 0.6 is 0 Å². The normalized spacial score (nSPS) is 23.0. The van der Waals surface area contributed by atoms with Gasteiger partial charge in [0.2, 0.25) is 5.91 Å². The quantitative estimate of drug-likeness (QED) is 0.644. The van der Waals surface area contributed by atoms with Gasteiger partial charge in [-0.15, -0.1) is 0 Å². The van der Waals surface area contributed by atoms with Crippen LogP contribution in [0.3, 0.4) is 0 Å². The Balaban J connectivity index is 1.59. The summed E-state index contributed by atoms with van der Waals surface area (Å²) in [7, 11) is 0. The first-order chi connectivity index (χ1) is 14.0. The highest BCUT2D eigenvalue weighted by Crippen LogP contribution is 2.12. The van der Waals surface area contributed by atoms with Crippen molar-refractivity contribution in [3.05, 3.63) is 24.3 Å². The first-order valence-corrected chi connectivity index (χ1v) is 10.3. The molecule has 9 heteroatoms. The van der Waals surface area contributed by atoms with Crippen molar-refractivity contribution in [2.45, 2.75) is 32.5 Å². The molecular formula is C20H31N5O4. The number of morpholine rings is 2. The van der Waals surface area contributed by atoms with E-state index >= 15 is 0 Å². The predicted molar refractivity (Wildman–Crippen MR) is 106 cm³/mol. The van der Waals surface area contributed by atoms with Gasteiger partial charge in [0.05, 0.1) is 31.6 Å². The predicted octanol–water partition coefficient (Wildman–Crippen LogP) is 0.277. The van der Waals surface area contributed by atoms with Crippen molar-refractivity contribution in [3.8, 4) is 0 Å². The van der Waals surface area contributed by atoms with Crippen LogP contribution in [-0.4, -0.2) is 108 Å². The third kappa shape index (κ3) is 6.45. The first kappa shape index (κ1) is 21.6. The van der Waals surface area contributed by atoms with Crippen LogP contribution in [0.4, 0.5) is 0 Å². The summed E-state index contributed by atoms with van der Waals surface area (Å²) in [5.41, 5.74) is 0.301. The van der Waals surface area contributed by atoms with E-state index in [2.05, 4.69) is 14.9 Å². The van der Waals surface area contributed by atoms with Gasteiger partial charge in [-0.25, -0.2) is 4.98 Å². The second-order valence-corrected chi connectivity index (χ2v) is 7.64. The molecule has 0 spiro atoms. The Morgan fingerprint density at radius 3 is 2.52 bits per heavy atom. The number of carbonyl (C=O) groups excluding carboxylic acids is 2. The SMILES string of the molecule is CC1CN(C(=O)CCN(CCN2CCOCC2)C(=O)c2cnccn2)CC(C)O1. The molecule has 29 heavy (non-hydrogen) atoms. The van der Waals surface area contributed by atoms with Gasteiger partial charge >= 0.3 is 0 Å². The number of nitrogens with zero attached hydrogens (tertiary/aromatic N) is 5. The van der Waals surface area contributed by atoms with E-state index in [4.69, 9.17) is 9.47 Å². The van der Waals surface area contributed by atoms with Crippen LogP contribution in [0.5, 0.6) is 0 Å². The molecule has 2 unspecified atom stereocenters. The summed E-state index contributed by atoms with van der Waals surface area (Å²) in [5, 5.41) is 0. The van der Waals surface area contributed by atoms with E-state index in [1.807, 2.05) is 18.7 Å². The van der Waals surface area contributed by atoms with E-state index in [1.165, 1.54) is 12.4 Å². The number of carbonyl (C=O) groups is 2. The smallest absolute Gasteiger partial charge is 0.274 e. The van der Waals surface area contributed by atoms with Crippen molar-refractivity contribution in [1.29, 1.82) is 0 Å². The molecule has 0 bridgehead atoms. The van der Waals surface area contributed by atoms with Crippen LogP contribution in [0, 0.1) is 0 Å². The maximum Gasteiger partial charge on any atom is 0.274 e. The van der Waals surface area contributed by atoms with Crippen molar-refractivity contribution in [2.24, 2.45) is 0 Å². The van der Waals surface area contributed by atoms with Gasteiger partial charge in [0.25, 0.3) is 5.91 Å². The second-order valence-electron chi connectivity index (χ2n) is 7.64. The molecule has 160 valence electrons. The maximum atomic E-state index is 12.9. The fourth-order valence-electron chi connectivity index (χ4n) is 3.74. The summed E-state index contributed by atoms with van der Waals surface area (Å²) in [6, 6.07) is 0. The lowest BCUT2D eigenvalue weighted by atomic mass is 10.2. The zero-order valence-corrected chi connectivity index (χ0v) is 17.3. The van der Waals surface area contributed by atoms with E-state index in [-0.39, 0.29) is 30.4 Å². The minimum atomic E-state index is -0.192. The number of aromatic nitrogens is 2. The topological polar surface area (TPSA) is 88.1 Å². The standard InChI is InChI=1S/C20H31N5O4/c1-16-14-25(15-17(2)29-16)19(26)3-6-24(8-7-23-9-11-28-12-10-23)20(27)18-13-21-4-5-22-18/h4-5,13,16-17H,3,6-12,14-15H2,1-2H3. The lowest BCUT2D eigenvalue weighted by Gasteiger charge is -2.36. The average molecular weight is 405 g/mol. The Bertz CT molecular complexity index is 658. The van der Waals surface area contributed by atoms with Crippen molar-refractivity contribution < 1.29 is 19.1 Å². The summed E-state index contributed by atoms with van der Waals surface area (Å²) in [4.78, 5) is 39.6. The van der Waals surface area contributed by atoms with Crippen molar-refractivity contribution in [1.82, 2.24) is 24.7 Å². The van der Waals surface area contributed by atoms with Gasteiger partial charge in [-0.1, -0.05) is 0 Å². The number of ether oxygens (including phenoxy) is 2. The Morgan fingerprint density at radius 1 is 1.14 bits per heavy atom. The number of amides is 2. The molecule has 3 rings (SSSR count). The molecular weight excluding hydrogens is 374 g/mol. The highest BCUT2D eigenvalue weighted by Gasteiger charge is 2.27. The van der Waals surface area contributed by atoms with Crippen LogP contribution in [0.25, 0.3) is 0 Å². The molecule has 2 aliphatic heterocycles. The van der Waals surface area contributed by atoms with Gasteiger partial charge in [-0.05, 0) is 13.8 Å². The third-order valence-electron chi connectivity index (χ3n) is 5.23. The molecule has 3 heterocycles. The van der Waals surface area contributed by atoms with Crippen LogP contribution in [0.15, 0.2) is 18.6 Å². The van der Waals surface area contributed by atoms with Gasteiger partial charge in [-0.3, -0.25) is 19.5 Å². The molecule has 2 aliphatic rings. The summed E-state index contributed by atoms with van der Waals surface area (Å²) in [6.45, 7) is 9.92. The fraction of sp³-hybridized carbons (Fsp3) is 0.700. The maximum absolute atomic E-state index is 12.9. The van der Waals surface area contributed by atoms with E-state index in [9.17, 15) is 9.59 Å². The lowest BCUT2D eigenvalue weighted by Crippen LogP contribution is -2.49. The summed E-state index contributed by atoms with van der Waals surface area (Å²) in [6.07, 6.45) is 4.86. The molecule has 0 aliphatic carbocycles. The molecule has 0 N–H and O–H groups in total. The molecule has 1 aromatic rings. The molecule has 2 saturated heterocycles. The van der Waals surface area contributed by atoms with Crippen molar-refractivity contribution >= 4 is 11.8 Å². The lowest BCUT2D eigenvalue weighted by molar-refractivity contribution is -0.143. The van der Waals surface area contributed by atoms with Gasteiger partial charge < -0.3 is 19.3 Å². The molecule has 9 nitrogen and oxygen atoms in total. The Labute approximate surface area is 172 Å². The Morgan fingerprint density at radius 2 is 1.86 bits per heavy atom. The Kier molecular flexibility index (Phi) is 7.91. The van der Waals surface area contributed by atoms with E-state index in [1.54, 1.807) is 11.1 Å². The van der Waals surface area contributed by atoms with Crippen molar-refractivity contribution in [2.75, 3.05) is 59.0 Å². The van der Waals surface area contributed by atoms with E-state index < -0.39 is 0 Å². The van der Waals surface area contributed by atoms with Crippen LogP contribution in [-0.2, 0) is 14.3 Å². The summed E-state index contributed by atoms with van der Waals surface area (Å²) in [5.74, 6) is -0.141. The minimum absolute atomic E-state index is 0.0290. The second kappa shape index (κ2) is 10.6. The number of hydrogen-bond donors (Lipinski definition) is 0. The molecule has 0 aromatic carbocycles. The molecule has 2 atom stereocenters. The minimum Gasteiger partial charge on any atom is -0.379 e. The van der Waals surface area contributed by atoms with Crippen molar-refractivity contribution in [3.63, 3.8) is 0 Å². The summed E-state index contributed by atoms with van der Waals surface area (Å²) < 4.78 is 11.1. The summed E-state index contributed by atoms with van der Waals surface area (Å²) >= 11 is 0. The Hall–Kier alpha value is -2.10. The zero-order valence-electron chi connectivity index (χ0n) is 17.3. The monoisotopic (exact) mass is 405 g/mol. The number of rotatable bonds is 7. The average Bonchev–Trinajstić information content (AvgIpc) is 2.74. The van der Waals surface area contributed by atoms with Crippen LogP contribution in [0.2, 0.25) is 0 Å². The van der Waals surface area contributed by atoms with E-state index in [0.29, 0.717) is 45.1 Å². The molecule has 0 saturated carbocycles. The molecule has 2 amide bonds. The van der Waals surface area contributed by atoms with E-state index in [0.717, 1.165) is 19.6 Å². The number of hydrogen-bond acceptors (Lipinski definition) is 7. The van der Waals surface area contributed by atoms with Gasteiger partial charge in [0, 0.05) is 64.6 Å². The molecule has 0 radical (unpaired) electrons. The fourth-order valence-corrected chi connectivity index (χ4v) is 3.74. The highest BCUT2D eigenvalue weighted by molar-refractivity contribution is 5.92. The van der Waals surface area contributed by atoms with Crippen LogP contribution < -0.4 is 0 Å². The largest absolute Gasteiger partial charge is 0.379 e. The van der Waals surface area contributed by atoms with Gasteiger partial charge in [0.15, 0.2) is 0 Å².